The molecule has 6 nitrogen and oxygen atoms in total. The third kappa shape index (κ3) is 3.25. The second-order valence-corrected chi connectivity index (χ2v) is 6.63. The van der Waals surface area contributed by atoms with E-state index in [1.165, 1.54) is 0 Å². The van der Waals surface area contributed by atoms with Crippen molar-refractivity contribution in [2.45, 2.75) is 64.1 Å². The number of hydrogen-bond acceptors (Lipinski definition) is 4. The molecule has 3 atom stereocenters. The molecule has 2 heterocycles. The number of H-pyrrole nitrogens is 1. The maximum atomic E-state index is 12.4. The number of rotatable bonds is 5. The zero-order valence-electron chi connectivity index (χ0n) is 13.0. The van der Waals surface area contributed by atoms with Gasteiger partial charge in [-0.25, -0.2) is 0 Å². The Hall–Kier alpha value is -1.21. The smallest absolute Gasteiger partial charge is 0.240 e. The summed E-state index contributed by atoms with van der Waals surface area (Å²) >= 11 is 5.23. The SMILES string of the molecule is CCCc1n[nH]c(=S)n1CC(=O)NC1CCCC2OCCC12. The first-order valence-corrected chi connectivity index (χ1v) is 8.65. The molecule has 1 aliphatic carbocycles. The Labute approximate surface area is 135 Å². The molecule has 122 valence electrons. The zero-order valence-corrected chi connectivity index (χ0v) is 13.8. The molecule has 2 N–H and O–H groups in total. The molecule has 1 saturated heterocycles. The largest absolute Gasteiger partial charge is 0.378 e. The molecule has 1 saturated carbocycles. The minimum absolute atomic E-state index is 0.0207. The standard InChI is InChI=1S/C15H24N4O2S/c1-2-4-13-17-18-15(22)19(13)9-14(20)16-11-5-3-6-12-10(11)7-8-21-12/h10-12H,2-9H2,1H3,(H,16,20)(H,18,22). The average Bonchev–Trinajstić information content (AvgIpc) is 3.10. The summed E-state index contributed by atoms with van der Waals surface area (Å²) in [5, 5.41) is 10.2. The Morgan fingerprint density at radius 2 is 2.36 bits per heavy atom. The molecule has 2 fully saturated rings. The molecule has 0 bridgehead atoms. The van der Waals surface area contributed by atoms with Crippen LogP contribution in [0.5, 0.6) is 0 Å². The van der Waals surface area contributed by atoms with Crippen LogP contribution in [-0.2, 0) is 22.5 Å². The summed E-state index contributed by atoms with van der Waals surface area (Å²) in [5.41, 5.74) is 0. The van der Waals surface area contributed by atoms with Gasteiger partial charge in [0.25, 0.3) is 0 Å². The summed E-state index contributed by atoms with van der Waals surface area (Å²) in [6, 6.07) is 0.240. The van der Waals surface area contributed by atoms with Crippen molar-refractivity contribution in [2.75, 3.05) is 6.61 Å². The fraction of sp³-hybridized carbons (Fsp3) is 0.800. The molecular weight excluding hydrogens is 300 g/mol. The monoisotopic (exact) mass is 324 g/mol. The fourth-order valence-corrected chi connectivity index (χ4v) is 3.89. The van der Waals surface area contributed by atoms with E-state index in [1.807, 2.05) is 0 Å². The summed E-state index contributed by atoms with van der Waals surface area (Å²) < 4.78 is 8.08. The summed E-state index contributed by atoms with van der Waals surface area (Å²) in [6.45, 7) is 3.17. The van der Waals surface area contributed by atoms with Crippen molar-refractivity contribution in [3.8, 4) is 0 Å². The van der Waals surface area contributed by atoms with Gasteiger partial charge in [-0.05, 0) is 44.3 Å². The van der Waals surface area contributed by atoms with Gasteiger partial charge in [0.05, 0.1) is 6.10 Å². The highest BCUT2D eigenvalue weighted by Gasteiger charge is 2.38. The number of carbonyl (C=O) groups excluding carboxylic acids is 1. The van der Waals surface area contributed by atoms with E-state index >= 15 is 0 Å². The van der Waals surface area contributed by atoms with Crippen molar-refractivity contribution in [1.29, 1.82) is 0 Å². The normalized spacial score (nSPS) is 27.6. The number of nitrogens with zero attached hydrogens (tertiary/aromatic N) is 2. The van der Waals surface area contributed by atoms with E-state index in [9.17, 15) is 4.79 Å². The minimum atomic E-state index is 0.0207. The topological polar surface area (TPSA) is 71.9 Å². The van der Waals surface area contributed by atoms with E-state index in [1.54, 1.807) is 4.57 Å². The molecule has 0 spiro atoms. The van der Waals surface area contributed by atoms with Crippen LogP contribution in [0.4, 0.5) is 0 Å². The minimum Gasteiger partial charge on any atom is -0.378 e. The van der Waals surface area contributed by atoms with Crippen LogP contribution in [0.2, 0.25) is 0 Å². The fourth-order valence-electron chi connectivity index (χ4n) is 3.68. The lowest BCUT2D eigenvalue weighted by molar-refractivity contribution is -0.123. The predicted octanol–water partition coefficient (Wildman–Crippen LogP) is 1.97. The van der Waals surface area contributed by atoms with Gasteiger partial charge in [-0.1, -0.05) is 6.92 Å². The van der Waals surface area contributed by atoms with Crippen LogP contribution in [0, 0.1) is 10.7 Å². The van der Waals surface area contributed by atoms with Gasteiger partial charge < -0.3 is 10.1 Å². The lowest BCUT2D eigenvalue weighted by Crippen LogP contribution is -2.46. The van der Waals surface area contributed by atoms with Crippen molar-refractivity contribution in [2.24, 2.45) is 5.92 Å². The molecular formula is C15H24N4O2S. The van der Waals surface area contributed by atoms with Gasteiger partial charge in [-0.15, -0.1) is 0 Å². The van der Waals surface area contributed by atoms with E-state index in [0.29, 0.717) is 16.8 Å². The van der Waals surface area contributed by atoms with E-state index < -0.39 is 0 Å². The Morgan fingerprint density at radius 3 is 3.18 bits per heavy atom. The van der Waals surface area contributed by atoms with Gasteiger partial charge in [-0.3, -0.25) is 14.5 Å². The number of nitrogens with one attached hydrogen (secondary N) is 2. The van der Waals surface area contributed by atoms with Gasteiger partial charge in [0.15, 0.2) is 4.77 Å². The van der Waals surface area contributed by atoms with Gasteiger partial charge in [-0.2, -0.15) is 5.10 Å². The van der Waals surface area contributed by atoms with Crippen molar-refractivity contribution in [3.05, 3.63) is 10.6 Å². The molecule has 3 rings (SSSR count). The molecule has 0 aromatic carbocycles. The Morgan fingerprint density at radius 1 is 1.50 bits per heavy atom. The number of hydrogen-bond donors (Lipinski definition) is 2. The number of aryl methyl sites for hydroxylation is 1. The van der Waals surface area contributed by atoms with Crippen LogP contribution < -0.4 is 5.32 Å². The zero-order chi connectivity index (χ0) is 15.5. The third-order valence-electron chi connectivity index (χ3n) is 4.74. The van der Waals surface area contributed by atoms with Crippen LogP contribution in [0.3, 0.4) is 0 Å². The number of fused-ring (bicyclic) bond motifs is 1. The van der Waals surface area contributed by atoms with Crippen LogP contribution >= 0.6 is 12.2 Å². The number of aromatic nitrogens is 3. The van der Waals surface area contributed by atoms with E-state index in [2.05, 4.69) is 22.4 Å². The third-order valence-corrected chi connectivity index (χ3v) is 5.05. The molecule has 2 aliphatic rings. The first kappa shape index (κ1) is 15.7. The molecule has 1 amide bonds. The van der Waals surface area contributed by atoms with Crippen molar-refractivity contribution in [3.63, 3.8) is 0 Å². The molecule has 1 aliphatic heterocycles. The number of aromatic amines is 1. The second-order valence-electron chi connectivity index (χ2n) is 6.25. The van der Waals surface area contributed by atoms with Crippen LogP contribution in [-0.4, -0.2) is 39.4 Å². The van der Waals surface area contributed by atoms with E-state index in [0.717, 1.165) is 51.0 Å². The highest BCUT2D eigenvalue weighted by molar-refractivity contribution is 7.71. The predicted molar refractivity (Wildman–Crippen MR) is 85.0 cm³/mol. The van der Waals surface area contributed by atoms with Gasteiger partial charge >= 0.3 is 0 Å². The summed E-state index contributed by atoms with van der Waals surface area (Å²) in [5.74, 6) is 1.35. The summed E-state index contributed by atoms with van der Waals surface area (Å²) in [4.78, 5) is 12.4. The molecule has 1 aromatic heterocycles. The Balaban J connectivity index is 1.63. The first-order valence-electron chi connectivity index (χ1n) is 8.24. The summed E-state index contributed by atoms with van der Waals surface area (Å²) in [6.07, 6.45) is 6.50. The maximum Gasteiger partial charge on any atom is 0.240 e. The molecule has 7 heteroatoms. The van der Waals surface area contributed by atoms with Crippen LogP contribution in [0.1, 0.15) is 44.9 Å². The highest BCUT2D eigenvalue weighted by Crippen LogP contribution is 2.34. The van der Waals surface area contributed by atoms with Gasteiger partial charge in [0, 0.05) is 25.0 Å². The van der Waals surface area contributed by atoms with Crippen LogP contribution in [0.25, 0.3) is 0 Å². The van der Waals surface area contributed by atoms with Gasteiger partial charge in [0.2, 0.25) is 5.91 Å². The first-order chi connectivity index (χ1) is 10.7. The Bertz CT molecular complexity index is 582. The van der Waals surface area contributed by atoms with E-state index in [-0.39, 0.29) is 18.5 Å². The number of carbonyl (C=O) groups is 1. The lowest BCUT2D eigenvalue weighted by Gasteiger charge is -2.33. The van der Waals surface area contributed by atoms with Crippen molar-refractivity contribution >= 4 is 18.1 Å². The Kier molecular flexibility index (Phi) is 4.93. The molecule has 0 radical (unpaired) electrons. The lowest BCUT2D eigenvalue weighted by atomic mass is 9.82. The molecule has 22 heavy (non-hydrogen) atoms. The van der Waals surface area contributed by atoms with E-state index in [4.69, 9.17) is 17.0 Å². The highest BCUT2D eigenvalue weighted by atomic mass is 32.1. The van der Waals surface area contributed by atoms with Crippen LogP contribution in [0.15, 0.2) is 0 Å². The van der Waals surface area contributed by atoms with Crippen molar-refractivity contribution < 1.29 is 9.53 Å². The average molecular weight is 324 g/mol. The quantitative estimate of drug-likeness (QED) is 0.812. The molecule has 1 aromatic rings. The molecule has 3 unspecified atom stereocenters. The second kappa shape index (κ2) is 6.91. The maximum absolute atomic E-state index is 12.4. The number of amides is 1. The van der Waals surface area contributed by atoms with Gasteiger partial charge in [0.1, 0.15) is 12.4 Å². The summed E-state index contributed by atoms with van der Waals surface area (Å²) in [7, 11) is 0. The number of ether oxygens (including phenoxy) is 1. The van der Waals surface area contributed by atoms with Crippen molar-refractivity contribution in [1.82, 2.24) is 20.1 Å².